The van der Waals surface area contributed by atoms with E-state index in [2.05, 4.69) is 47.3 Å². The Hall–Kier alpha value is -1.51. The van der Waals surface area contributed by atoms with Crippen LogP contribution in [0.4, 0.5) is 0 Å². The van der Waals surface area contributed by atoms with Crippen LogP contribution in [0.15, 0.2) is 23.4 Å². The number of hydrogen-bond donors (Lipinski definition) is 2. The molecular formula is C16H20N4S. The number of hydrogen-bond acceptors (Lipinski definition) is 4. The van der Waals surface area contributed by atoms with Crippen molar-refractivity contribution in [2.45, 2.75) is 37.4 Å². The zero-order chi connectivity index (χ0) is 14.9. The van der Waals surface area contributed by atoms with Crippen LogP contribution in [0.1, 0.15) is 25.3 Å². The number of rotatable bonds is 6. The van der Waals surface area contributed by atoms with Gasteiger partial charge in [-0.25, -0.2) is 4.98 Å². The fraction of sp³-hybridized carbons (Fsp3) is 0.500. The van der Waals surface area contributed by atoms with Gasteiger partial charge in [0.2, 0.25) is 0 Å². The summed E-state index contributed by atoms with van der Waals surface area (Å²) in [4.78, 5) is 7.95. The number of nitrogens with one attached hydrogen (secondary N) is 2. The number of benzene rings is 1. The monoisotopic (exact) mass is 300 g/mol. The Morgan fingerprint density at radius 3 is 3.00 bits per heavy atom. The van der Waals surface area contributed by atoms with Gasteiger partial charge in [0.05, 0.1) is 17.1 Å². The highest BCUT2D eigenvalue weighted by Crippen LogP contribution is 2.41. The Bertz CT molecular complexity index is 683. The lowest BCUT2D eigenvalue weighted by atomic mass is 9.98. The average Bonchev–Trinajstić information content (AvgIpc) is 3.25. The first-order chi connectivity index (χ1) is 10.2. The van der Waals surface area contributed by atoms with Gasteiger partial charge in [-0.2, -0.15) is 5.26 Å². The van der Waals surface area contributed by atoms with Gasteiger partial charge in [-0.1, -0.05) is 24.8 Å². The van der Waals surface area contributed by atoms with Crippen LogP contribution in [-0.4, -0.2) is 27.8 Å². The Morgan fingerprint density at radius 2 is 2.33 bits per heavy atom. The van der Waals surface area contributed by atoms with Gasteiger partial charge in [-0.15, -0.1) is 0 Å². The van der Waals surface area contributed by atoms with Crippen molar-refractivity contribution in [3.8, 4) is 6.07 Å². The van der Waals surface area contributed by atoms with Crippen LogP contribution >= 0.6 is 11.8 Å². The molecule has 1 aliphatic carbocycles. The Labute approximate surface area is 129 Å². The van der Waals surface area contributed by atoms with E-state index in [1.807, 2.05) is 6.07 Å². The van der Waals surface area contributed by atoms with Crippen LogP contribution in [0.25, 0.3) is 11.0 Å². The van der Waals surface area contributed by atoms with Crippen LogP contribution < -0.4 is 5.32 Å². The summed E-state index contributed by atoms with van der Waals surface area (Å²) < 4.78 is 0. The van der Waals surface area contributed by atoms with Crippen molar-refractivity contribution in [1.29, 1.82) is 5.26 Å². The highest BCUT2D eigenvalue weighted by atomic mass is 32.2. The van der Waals surface area contributed by atoms with E-state index in [4.69, 9.17) is 0 Å². The molecule has 1 saturated carbocycles. The summed E-state index contributed by atoms with van der Waals surface area (Å²) in [7, 11) is 0. The lowest BCUT2D eigenvalue weighted by Gasteiger charge is -2.26. The van der Waals surface area contributed by atoms with Crippen molar-refractivity contribution in [2.75, 3.05) is 12.3 Å². The number of nitrogens with zero attached hydrogens (tertiary/aromatic N) is 2. The molecular weight excluding hydrogens is 280 g/mol. The lowest BCUT2D eigenvalue weighted by molar-refractivity contribution is 0.416. The summed E-state index contributed by atoms with van der Waals surface area (Å²) in [5.41, 5.74) is 2.86. The molecule has 5 heteroatoms. The van der Waals surface area contributed by atoms with E-state index >= 15 is 0 Å². The molecule has 2 N–H and O–H groups in total. The van der Waals surface area contributed by atoms with Crippen molar-refractivity contribution in [2.24, 2.45) is 5.92 Å². The number of aromatic amines is 1. The maximum Gasteiger partial charge on any atom is 0.166 e. The summed E-state index contributed by atoms with van der Waals surface area (Å²) in [5, 5.41) is 13.9. The molecule has 0 spiro atoms. The number of fused-ring (bicyclic) bond motifs is 1. The first kappa shape index (κ1) is 14.4. The van der Waals surface area contributed by atoms with Gasteiger partial charge in [0.15, 0.2) is 5.16 Å². The number of H-pyrrole nitrogens is 1. The van der Waals surface area contributed by atoms with Crippen LogP contribution in [0, 0.1) is 24.2 Å². The van der Waals surface area contributed by atoms with E-state index in [9.17, 15) is 5.26 Å². The molecule has 1 fully saturated rings. The Kier molecular flexibility index (Phi) is 3.92. The second kappa shape index (κ2) is 5.70. The minimum absolute atomic E-state index is 0.408. The van der Waals surface area contributed by atoms with Crippen molar-refractivity contribution in [3.63, 3.8) is 0 Å². The zero-order valence-electron chi connectivity index (χ0n) is 12.4. The van der Waals surface area contributed by atoms with Crippen LogP contribution in [0.2, 0.25) is 0 Å². The van der Waals surface area contributed by atoms with Crippen molar-refractivity contribution >= 4 is 22.8 Å². The third kappa shape index (κ3) is 2.92. The molecule has 0 radical (unpaired) electrons. The minimum Gasteiger partial charge on any atom is -0.333 e. The largest absolute Gasteiger partial charge is 0.333 e. The van der Waals surface area contributed by atoms with E-state index < -0.39 is 5.54 Å². The smallest absolute Gasteiger partial charge is 0.166 e. The molecule has 1 aromatic carbocycles. The molecule has 1 aliphatic rings. The summed E-state index contributed by atoms with van der Waals surface area (Å²) in [6.07, 6.45) is 2.31. The number of imidazole rings is 1. The highest BCUT2D eigenvalue weighted by Gasteiger charge is 2.45. The Balaban J connectivity index is 1.76. The van der Waals surface area contributed by atoms with Crippen molar-refractivity contribution < 1.29 is 0 Å². The van der Waals surface area contributed by atoms with Gasteiger partial charge in [0, 0.05) is 5.75 Å². The summed E-state index contributed by atoms with van der Waals surface area (Å²) >= 11 is 1.64. The first-order valence-electron chi connectivity index (χ1n) is 7.42. The normalized spacial score (nSPS) is 17.6. The quantitative estimate of drug-likeness (QED) is 0.804. The number of thioether (sulfide) groups is 1. The van der Waals surface area contributed by atoms with E-state index in [-0.39, 0.29) is 0 Å². The van der Waals surface area contributed by atoms with Crippen LogP contribution in [-0.2, 0) is 0 Å². The molecule has 1 atom stereocenters. The second-order valence-electron chi connectivity index (χ2n) is 5.74. The topological polar surface area (TPSA) is 64.5 Å². The number of nitriles is 1. The standard InChI is InChI=1S/C16H20N4S/c1-3-18-16(9-17,12-5-6-12)10-21-15-19-13-7-4-11(2)8-14(13)20-15/h4,7-8,12,18H,3,5-6,10H2,1-2H3,(H,19,20). The van der Waals surface area contributed by atoms with Gasteiger partial charge in [0.25, 0.3) is 0 Å². The molecule has 0 bridgehead atoms. The third-order valence-corrected chi connectivity index (χ3v) is 5.08. The summed E-state index contributed by atoms with van der Waals surface area (Å²) in [6.45, 7) is 4.96. The van der Waals surface area contributed by atoms with Crippen molar-refractivity contribution in [3.05, 3.63) is 23.8 Å². The van der Waals surface area contributed by atoms with E-state index in [0.29, 0.717) is 5.92 Å². The molecule has 3 rings (SSSR count). The molecule has 1 heterocycles. The number of aryl methyl sites for hydroxylation is 1. The van der Waals surface area contributed by atoms with Gasteiger partial charge in [-0.3, -0.25) is 5.32 Å². The molecule has 110 valence electrons. The summed E-state index contributed by atoms with van der Waals surface area (Å²) in [6, 6.07) is 8.73. The lowest BCUT2D eigenvalue weighted by Crippen LogP contribution is -2.48. The number of aromatic nitrogens is 2. The maximum absolute atomic E-state index is 9.62. The molecule has 0 aliphatic heterocycles. The molecule has 0 amide bonds. The van der Waals surface area contributed by atoms with E-state index in [1.165, 1.54) is 5.56 Å². The van der Waals surface area contributed by atoms with E-state index in [0.717, 1.165) is 41.3 Å². The molecule has 1 unspecified atom stereocenters. The van der Waals surface area contributed by atoms with E-state index in [1.54, 1.807) is 11.8 Å². The molecule has 0 saturated heterocycles. The molecule has 21 heavy (non-hydrogen) atoms. The predicted octanol–water partition coefficient (Wildman–Crippen LogP) is 3.25. The molecule has 1 aromatic heterocycles. The van der Waals surface area contributed by atoms with Gasteiger partial charge in [0.1, 0.15) is 5.54 Å². The fourth-order valence-electron chi connectivity index (χ4n) is 2.72. The highest BCUT2D eigenvalue weighted by molar-refractivity contribution is 7.99. The van der Waals surface area contributed by atoms with Gasteiger partial charge >= 0.3 is 0 Å². The molecule has 4 nitrogen and oxygen atoms in total. The first-order valence-corrected chi connectivity index (χ1v) is 8.41. The maximum atomic E-state index is 9.62. The predicted molar refractivity (Wildman–Crippen MR) is 86.3 cm³/mol. The van der Waals surface area contributed by atoms with Gasteiger partial charge < -0.3 is 4.98 Å². The minimum atomic E-state index is -0.408. The Morgan fingerprint density at radius 1 is 1.52 bits per heavy atom. The fourth-order valence-corrected chi connectivity index (χ4v) is 3.83. The second-order valence-corrected chi connectivity index (χ2v) is 6.70. The van der Waals surface area contributed by atoms with Crippen LogP contribution in [0.5, 0.6) is 0 Å². The molecule has 2 aromatic rings. The SMILES string of the molecule is CCNC(C#N)(CSc1nc2ccc(C)cc2[nH]1)C1CC1. The van der Waals surface area contributed by atoms with Gasteiger partial charge in [-0.05, 0) is 49.9 Å². The third-order valence-electron chi connectivity index (χ3n) is 4.02. The van der Waals surface area contributed by atoms with Crippen LogP contribution in [0.3, 0.4) is 0 Å². The zero-order valence-corrected chi connectivity index (χ0v) is 13.3. The summed E-state index contributed by atoms with van der Waals surface area (Å²) in [5.74, 6) is 1.22. The average molecular weight is 300 g/mol. The van der Waals surface area contributed by atoms with Crippen molar-refractivity contribution in [1.82, 2.24) is 15.3 Å².